The number of para-hydroxylation sites is 2. The molecule has 2 heterocycles. The minimum atomic E-state index is -0.00581. The number of anilines is 1. The predicted molar refractivity (Wildman–Crippen MR) is 117 cm³/mol. The molecule has 0 radical (unpaired) electrons. The molecule has 152 valence electrons. The van der Waals surface area contributed by atoms with E-state index in [2.05, 4.69) is 38.9 Å². The number of aromatic nitrogens is 2. The Balaban J connectivity index is 1.28. The summed E-state index contributed by atoms with van der Waals surface area (Å²) in [6, 6.07) is 13.8. The molecule has 0 atom stereocenters. The van der Waals surface area contributed by atoms with E-state index in [1.807, 2.05) is 31.2 Å². The summed E-state index contributed by atoms with van der Waals surface area (Å²) in [7, 11) is 2.07. The highest BCUT2D eigenvalue weighted by atomic mass is 35.5. The fourth-order valence-corrected chi connectivity index (χ4v) is 3.90. The van der Waals surface area contributed by atoms with Gasteiger partial charge in [-0.05, 0) is 36.8 Å². The van der Waals surface area contributed by atoms with E-state index in [0.29, 0.717) is 11.6 Å². The summed E-state index contributed by atoms with van der Waals surface area (Å²) < 4.78 is 2.17. The second-order valence-electron chi connectivity index (χ2n) is 7.64. The molecular weight excluding hydrogens is 386 g/mol. The third-order valence-corrected chi connectivity index (χ3v) is 5.94. The highest BCUT2D eigenvalue weighted by Crippen LogP contribution is 2.20. The average Bonchev–Trinajstić information content (AvgIpc) is 3.02. The van der Waals surface area contributed by atoms with Crippen LogP contribution in [-0.2, 0) is 18.4 Å². The van der Waals surface area contributed by atoms with Crippen molar-refractivity contribution in [2.45, 2.75) is 13.5 Å². The van der Waals surface area contributed by atoms with Crippen LogP contribution < -0.4 is 5.32 Å². The normalized spacial score (nSPS) is 15.7. The zero-order chi connectivity index (χ0) is 20.4. The van der Waals surface area contributed by atoms with Crippen molar-refractivity contribution in [1.29, 1.82) is 0 Å². The summed E-state index contributed by atoms with van der Waals surface area (Å²) in [6.45, 7) is 6.75. The number of hydrogen-bond donors (Lipinski definition) is 1. The van der Waals surface area contributed by atoms with Crippen molar-refractivity contribution in [2.24, 2.45) is 7.05 Å². The number of amides is 1. The van der Waals surface area contributed by atoms with E-state index in [0.717, 1.165) is 60.8 Å². The van der Waals surface area contributed by atoms with E-state index in [-0.39, 0.29) is 5.91 Å². The van der Waals surface area contributed by atoms with Crippen LogP contribution in [0.4, 0.5) is 5.69 Å². The molecular formula is C22H26ClN5O. The quantitative estimate of drug-likeness (QED) is 0.700. The van der Waals surface area contributed by atoms with Gasteiger partial charge in [0.1, 0.15) is 5.82 Å². The van der Waals surface area contributed by atoms with Crippen molar-refractivity contribution in [3.63, 3.8) is 0 Å². The second kappa shape index (κ2) is 8.53. The lowest BCUT2D eigenvalue weighted by atomic mass is 10.2. The van der Waals surface area contributed by atoms with Gasteiger partial charge in [-0.25, -0.2) is 4.98 Å². The fraction of sp³-hybridized carbons (Fsp3) is 0.364. The molecule has 1 aromatic heterocycles. The largest absolute Gasteiger partial charge is 0.330 e. The number of piperazine rings is 1. The van der Waals surface area contributed by atoms with Crippen molar-refractivity contribution < 1.29 is 4.79 Å². The number of aryl methyl sites for hydroxylation is 2. The van der Waals surface area contributed by atoms with Gasteiger partial charge in [0.25, 0.3) is 0 Å². The van der Waals surface area contributed by atoms with Crippen molar-refractivity contribution in [3.05, 3.63) is 58.9 Å². The van der Waals surface area contributed by atoms with E-state index in [4.69, 9.17) is 16.6 Å². The molecule has 1 aliphatic rings. The average molecular weight is 412 g/mol. The molecule has 29 heavy (non-hydrogen) atoms. The fourth-order valence-electron chi connectivity index (χ4n) is 3.72. The smallest absolute Gasteiger partial charge is 0.238 e. The molecule has 1 saturated heterocycles. The van der Waals surface area contributed by atoms with Gasteiger partial charge in [0.2, 0.25) is 5.91 Å². The minimum Gasteiger partial charge on any atom is -0.330 e. The molecule has 4 rings (SSSR count). The third kappa shape index (κ3) is 4.61. The summed E-state index contributed by atoms with van der Waals surface area (Å²) >= 11 is 6.13. The molecule has 0 aliphatic carbocycles. The van der Waals surface area contributed by atoms with Gasteiger partial charge >= 0.3 is 0 Å². The Bertz CT molecular complexity index is 1020. The number of hydrogen-bond acceptors (Lipinski definition) is 4. The van der Waals surface area contributed by atoms with E-state index in [1.165, 1.54) is 0 Å². The maximum atomic E-state index is 12.4. The summed E-state index contributed by atoms with van der Waals surface area (Å²) in [4.78, 5) is 21.7. The number of benzene rings is 2. The number of halogens is 1. The van der Waals surface area contributed by atoms with Crippen LogP contribution in [0.3, 0.4) is 0 Å². The van der Waals surface area contributed by atoms with Gasteiger partial charge in [0.15, 0.2) is 0 Å². The molecule has 0 saturated carbocycles. The van der Waals surface area contributed by atoms with Gasteiger partial charge in [-0.1, -0.05) is 29.8 Å². The number of imidazole rings is 1. The van der Waals surface area contributed by atoms with Crippen LogP contribution in [0.25, 0.3) is 11.0 Å². The topological polar surface area (TPSA) is 53.4 Å². The van der Waals surface area contributed by atoms with Gasteiger partial charge in [-0.15, -0.1) is 0 Å². The minimum absolute atomic E-state index is 0.00581. The van der Waals surface area contributed by atoms with Crippen LogP contribution in [0, 0.1) is 6.92 Å². The van der Waals surface area contributed by atoms with Gasteiger partial charge < -0.3 is 9.88 Å². The summed E-state index contributed by atoms with van der Waals surface area (Å²) in [5.74, 6) is 1.07. The molecule has 2 aromatic carbocycles. The Labute approximate surface area is 176 Å². The van der Waals surface area contributed by atoms with Crippen LogP contribution in [0.15, 0.2) is 42.5 Å². The second-order valence-corrected chi connectivity index (χ2v) is 8.05. The Morgan fingerprint density at radius 2 is 1.83 bits per heavy atom. The lowest BCUT2D eigenvalue weighted by Gasteiger charge is -2.34. The molecule has 1 fully saturated rings. The van der Waals surface area contributed by atoms with Crippen molar-refractivity contribution >= 4 is 34.2 Å². The zero-order valence-electron chi connectivity index (χ0n) is 16.9. The predicted octanol–water partition coefficient (Wildman–Crippen LogP) is 3.29. The Kier molecular flexibility index (Phi) is 5.85. The van der Waals surface area contributed by atoms with Crippen molar-refractivity contribution in [1.82, 2.24) is 19.4 Å². The molecule has 1 aliphatic heterocycles. The summed E-state index contributed by atoms with van der Waals surface area (Å²) in [6.07, 6.45) is 0. The number of fused-ring (bicyclic) bond motifs is 1. The van der Waals surface area contributed by atoms with Crippen LogP contribution in [0.1, 0.15) is 11.4 Å². The molecule has 1 amide bonds. The standard InChI is InChI=1S/C22H26ClN5O/c1-16-7-8-17(13-18(16)23)24-22(29)15-28-11-9-27(10-12-28)14-21-25-19-5-3-4-6-20(19)26(21)2/h3-8,13H,9-12,14-15H2,1-2H3,(H,24,29). The van der Waals surface area contributed by atoms with Gasteiger partial charge in [-0.2, -0.15) is 0 Å². The van der Waals surface area contributed by atoms with E-state index >= 15 is 0 Å². The maximum absolute atomic E-state index is 12.4. The lowest BCUT2D eigenvalue weighted by molar-refractivity contribution is -0.117. The van der Waals surface area contributed by atoms with Crippen molar-refractivity contribution in [3.8, 4) is 0 Å². The third-order valence-electron chi connectivity index (χ3n) is 5.53. The van der Waals surface area contributed by atoms with Crippen molar-refractivity contribution in [2.75, 3.05) is 38.0 Å². The number of nitrogens with zero attached hydrogens (tertiary/aromatic N) is 4. The number of carbonyl (C=O) groups is 1. The lowest BCUT2D eigenvalue weighted by Crippen LogP contribution is -2.48. The Hall–Kier alpha value is -2.41. The molecule has 7 heteroatoms. The highest BCUT2D eigenvalue weighted by molar-refractivity contribution is 6.31. The first-order chi connectivity index (χ1) is 14.0. The SMILES string of the molecule is Cc1ccc(NC(=O)CN2CCN(Cc3nc4ccccc4n3C)CC2)cc1Cl. The van der Waals surface area contributed by atoms with E-state index < -0.39 is 0 Å². The van der Waals surface area contributed by atoms with Crippen LogP contribution in [-0.4, -0.2) is 58.0 Å². The number of rotatable bonds is 5. The molecule has 3 aromatic rings. The number of carbonyl (C=O) groups excluding carboxylic acids is 1. The maximum Gasteiger partial charge on any atom is 0.238 e. The molecule has 0 spiro atoms. The monoisotopic (exact) mass is 411 g/mol. The summed E-state index contributed by atoms with van der Waals surface area (Å²) in [5.41, 5.74) is 3.94. The van der Waals surface area contributed by atoms with Gasteiger partial charge in [0.05, 0.1) is 24.1 Å². The number of nitrogens with one attached hydrogen (secondary N) is 1. The Morgan fingerprint density at radius 1 is 1.10 bits per heavy atom. The van der Waals surface area contributed by atoms with Gasteiger partial charge in [-0.3, -0.25) is 14.6 Å². The van der Waals surface area contributed by atoms with Crippen LogP contribution >= 0.6 is 11.6 Å². The van der Waals surface area contributed by atoms with E-state index in [1.54, 1.807) is 6.07 Å². The molecule has 0 bridgehead atoms. The first kappa shape index (κ1) is 19.9. The molecule has 6 nitrogen and oxygen atoms in total. The molecule has 0 unspecified atom stereocenters. The highest BCUT2D eigenvalue weighted by Gasteiger charge is 2.20. The Morgan fingerprint density at radius 3 is 2.55 bits per heavy atom. The van der Waals surface area contributed by atoms with Crippen LogP contribution in [0.2, 0.25) is 5.02 Å². The van der Waals surface area contributed by atoms with E-state index in [9.17, 15) is 4.79 Å². The zero-order valence-corrected chi connectivity index (χ0v) is 17.6. The molecule has 1 N–H and O–H groups in total. The first-order valence-corrected chi connectivity index (χ1v) is 10.3. The van der Waals surface area contributed by atoms with Gasteiger partial charge in [0, 0.05) is 43.9 Å². The van der Waals surface area contributed by atoms with Crippen LogP contribution in [0.5, 0.6) is 0 Å². The summed E-state index contributed by atoms with van der Waals surface area (Å²) in [5, 5.41) is 3.60. The first-order valence-electron chi connectivity index (χ1n) is 9.90.